The summed E-state index contributed by atoms with van der Waals surface area (Å²) in [6.07, 6.45) is 0. The Kier molecular flexibility index (Phi) is 17.9. The van der Waals surface area contributed by atoms with Gasteiger partial charge < -0.3 is 54.0 Å². The van der Waals surface area contributed by atoms with Crippen LogP contribution < -0.4 is 0 Å². The Bertz CT molecular complexity index is 312. The van der Waals surface area contributed by atoms with Gasteiger partial charge in [0.25, 0.3) is 0 Å². The van der Waals surface area contributed by atoms with E-state index < -0.39 is 33.1 Å². The van der Waals surface area contributed by atoms with Crippen LogP contribution in [0.1, 0.15) is 0 Å². The number of hydrogen-bond donors (Lipinski definition) is 0. The van der Waals surface area contributed by atoms with E-state index in [4.69, 9.17) is 54.0 Å². The van der Waals surface area contributed by atoms with E-state index in [0.29, 0.717) is 0 Å². The van der Waals surface area contributed by atoms with Crippen molar-refractivity contribution in [1.82, 2.24) is 0 Å². The maximum atomic E-state index is 5.72. The zero-order valence-corrected chi connectivity index (χ0v) is 20.3. The van der Waals surface area contributed by atoms with E-state index in [1.807, 2.05) is 0 Å². The quantitative estimate of drug-likeness (QED) is 0.201. The molecule has 12 nitrogen and oxygen atoms in total. The van der Waals surface area contributed by atoms with E-state index in [2.05, 4.69) is 0 Å². The van der Waals surface area contributed by atoms with E-state index in [1.54, 1.807) is 0 Å². The molecule has 0 saturated heterocycles. The van der Waals surface area contributed by atoms with Crippen molar-refractivity contribution in [2.45, 2.75) is 17.9 Å². The van der Waals surface area contributed by atoms with Crippen LogP contribution in [0.3, 0.4) is 0 Å². The van der Waals surface area contributed by atoms with Gasteiger partial charge in [0.2, 0.25) is 0 Å². The molecule has 0 rings (SSSR count). The number of methoxy groups -OCH3 is 9. The predicted octanol–water partition coefficient (Wildman–Crippen LogP) is -0.581. The van der Waals surface area contributed by atoms with E-state index in [-0.39, 0.29) is 38.7 Å². The minimum absolute atomic E-state index is 0. The van der Waals surface area contributed by atoms with Crippen molar-refractivity contribution in [2.75, 3.05) is 83.8 Å². The van der Waals surface area contributed by atoms with E-state index >= 15 is 0 Å². The van der Waals surface area contributed by atoms with Gasteiger partial charge in [-0.25, -0.2) is 0 Å². The van der Waals surface area contributed by atoms with Crippen molar-refractivity contribution >= 4 is 34.0 Å². The van der Waals surface area contributed by atoms with Gasteiger partial charge in [0, 0.05) is 82.8 Å². The molecule has 0 aliphatic heterocycles. The number of hydrogen-bond acceptors (Lipinski definition) is 12. The summed E-state index contributed by atoms with van der Waals surface area (Å²) in [5, 5.41) is 0. The standard InChI is InChI=1S/3C5H11O4.Al.Li/c3*1-7-5(4-6,8-2)9-3;;/h3*4H2,1-3H3;;/q3*-1;+3;. The summed E-state index contributed by atoms with van der Waals surface area (Å²) in [7, 11) is 12.7. The van der Waals surface area contributed by atoms with Crippen molar-refractivity contribution < 1.29 is 54.0 Å². The number of ether oxygens (including phenoxy) is 9. The Morgan fingerprint density at radius 1 is 0.414 bits per heavy atom. The summed E-state index contributed by atoms with van der Waals surface area (Å²) in [5.41, 5.74) is 0. The van der Waals surface area contributed by atoms with Crippen molar-refractivity contribution in [3.05, 3.63) is 0 Å². The molecule has 169 valence electrons. The zero-order valence-electron chi connectivity index (χ0n) is 19.1. The molecule has 1 radical (unpaired) electrons. The van der Waals surface area contributed by atoms with Crippen molar-refractivity contribution in [1.29, 1.82) is 0 Å². The minimum atomic E-state index is -2.88. The SMILES string of the molecule is COC(C[O][Al]([O]CC(OC)(OC)OC)[O]CC(OC)(OC)OC)(OC)OC.[Li]. The molecule has 0 aromatic rings. The summed E-state index contributed by atoms with van der Waals surface area (Å²) in [4.78, 5) is 0. The molecule has 0 N–H and O–H groups in total. The van der Waals surface area contributed by atoms with Crippen LogP contribution in [0.4, 0.5) is 0 Å². The molecule has 0 aromatic carbocycles. The first-order chi connectivity index (χ1) is 13.3. The smallest absolute Gasteiger partial charge is 0.448 e. The fourth-order valence-electron chi connectivity index (χ4n) is 1.93. The minimum Gasteiger partial charge on any atom is -0.448 e. The van der Waals surface area contributed by atoms with Crippen LogP contribution in [0.5, 0.6) is 0 Å². The molecule has 0 fully saturated rings. The topological polar surface area (TPSA) is 111 Å². The first kappa shape index (κ1) is 31.8. The van der Waals surface area contributed by atoms with Gasteiger partial charge in [0.1, 0.15) is 19.8 Å². The summed E-state index contributed by atoms with van der Waals surface area (Å²) < 4.78 is 64.0. The van der Waals surface area contributed by atoms with Gasteiger partial charge in [0.15, 0.2) is 0 Å². The van der Waals surface area contributed by atoms with Gasteiger partial charge in [-0.2, -0.15) is 0 Å². The van der Waals surface area contributed by atoms with Crippen LogP contribution in [-0.4, -0.2) is 136 Å². The van der Waals surface area contributed by atoms with E-state index in [9.17, 15) is 0 Å². The van der Waals surface area contributed by atoms with Crippen LogP contribution in [0, 0.1) is 0 Å². The molecule has 0 unspecified atom stereocenters. The van der Waals surface area contributed by atoms with Crippen molar-refractivity contribution in [3.8, 4) is 0 Å². The van der Waals surface area contributed by atoms with Crippen LogP contribution in [-0.2, 0) is 54.0 Å². The molecule has 0 aromatic heterocycles. The molecule has 0 aliphatic carbocycles. The van der Waals surface area contributed by atoms with E-state index in [0.717, 1.165) is 0 Å². The van der Waals surface area contributed by atoms with Gasteiger partial charge in [-0.1, -0.05) is 0 Å². The average Bonchev–Trinajstić information content (AvgIpc) is 2.76. The van der Waals surface area contributed by atoms with Gasteiger partial charge in [0.05, 0.1) is 0 Å². The maximum absolute atomic E-state index is 5.72. The Balaban J connectivity index is 0. The number of rotatable bonds is 18. The van der Waals surface area contributed by atoms with Crippen LogP contribution >= 0.6 is 0 Å². The molecule has 14 heteroatoms. The van der Waals surface area contributed by atoms with Gasteiger partial charge >= 0.3 is 33.1 Å². The Labute approximate surface area is 189 Å². The van der Waals surface area contributed by atoms with Crippen molar-refractivity contribution in [2.24, 2.45) is 0 Å². The summed E-state index contributed by atoms with van der Waals surface area (Å²) in [5.74, 6) is -4.29. The van der Waals surface area contributed by atoms with Gasteiger partial charge in [-0.05, 0) is 0 Å². The molecule has 0 amide bonds. The monoisotopic (exact) mass is 439 g/mol. The largest absolute Gasteiger partial charge is 0.906 e. The first-order valence-electron chi connectivity index (χ1n) is 8.15. The molecular weight excluding hydrogens is 406 g/mol. The average molecular weight is 439 g/mol. The maximum Gasteiger partial charge on any atom is 0.906 e. The Morgan fingerprint density at radius 3 is 0.724 bits per heavy atom. The van der Waals surface area contributed by atoms with Crippen molar-refractivity contribution in [3.63, 3.8) is 0 Å². The first-order valence-corrected chi connectivity index (χ1v) is 9.56. The fraction of sp³-hybridized carbons (Fsp3) is 1.00. The summed E-state index contributed by atoms with van der Waals surface area (Å²) >= 11 is -2.88. The molecule has 0 aliphatic rings. The molecular formula is C15H33AlLiO12. The van der Waals surface area contributed by atoms with Crippen LogP contribution in [0.25, 0.3) is 0 Å². The molecule has 0 saturated carbocycles. The van der Waals surface area contributed by atoms with Gasteiger partial charge in [-0.15, -0.1) is 0 Å². The zero-order chi connectivity index (χ0) is 21.7. The predicted molar refractivity (Wildman–Crippen MR) is 101 cm³/mol. The molecule has 0 bridgehead atoms. The fourth-order valence-corrected chi connectivity index (χ4v) is 3.24. The summed E-state index contributed by atoms with van der Waals surface area (Å²) in [6.45, 7) is -0.437. The van der Waals surface area contributed by atoms with E-state index in [1.165, 1.54) is 64.0 Å². The molecule has 0 atom stereocenters. The third kappa shape index (κ3) is 9.76. The van der Waals surface area contributed by atoms with Crippen LogP contribution in [0.2, 0.25) is 0 Å². The Morgan fingerprint density at radius 2 is 0.586 bits per heavy atom. The second-order valence-electron chi connectivity index (χ2n) is 5.11. The molecule has 29 heavy (non-hydrogen) atoms. The third-order valence-electron chi connectivity index (χ3n) is 3.99. The van der Waals surface area contributed by atoms with Gasteiger partial charge in [-0.3, -0.25) is 0 Å². The second-order valence-corrected chi connectivity index (χ2v) is 6.69. The summed E-state index contributed by atoms with van der Waals surface area (Å²) in [6, 6.07) is 0. The van der Waals surface area contributed by atoms with Crippen LogP contribution in [0.15, 0.2) is 0 Å². The normalized spacial score (nSPS) is 12.7. The second kappa shape index (κ2) is 16.3. The third-order valence-corrected chi connectivity index (χ3v) is 5.30. The molecule has 0 spiro atoms. The Hall–Kier alpha value is 0.650. The molecule has 0 heterocycles.